The lowest BCUT2D eigenvalue weighted by Gasteiger charge is -2.13. The molecule has 0 aliphatic rings. The van der Waals surface area contributed by atoms with E-state index in [0.717, 1.165) is 6.20 Å². The monoisotopic (exact) mass is 343 g/mol. The molecule has 0 aliphatic heterocycles. The molecule has 0 atom stereocenters. The van der Waals surface area contributed by atoms with E-state index in [1.165, 1.54) is 0 Å². The molecule has 132 valence electrons. The number of nitrogens with two attached hydrogens (primary N) is 2. The van der Waals surface area contributed by atoms with Crippen LogP contribution in [0.3, 0.4) is 0 Å². The Labute approximate surface area is 144 Å². The number of nitrogens with one attached hydrogen (secondary N) is 2. The molecule has 1 amide bonds. The molecule has 9 heteroatoms. The van der Waals surface area contributed by atoms with E-state index in [1.807, 2.05) is 13.8 Å². The summed E-state index contributed by atoms with van der Waals surface area (Å²) in [5.74, 6) is 0.0785. The number of anilines is 3. The fraction of sp³-hybridized carbons (Fsp3) is 0.250. The number of carbonyl (C=O) groups excluding carboxylic acids is 1. The highest BCUT2D eigenvalue weighted by Gasteiger charge is 2.14. The number of amides is 1. The Morgan fingerprint density at radius 2 is 2.00 bits per heavy atom. The highest BCUT2D eigenvalue weighted by Crippen LogP contribution is 2.19. The van der Waals surface area contributed by atoms with Crippen molar-refractivity contribution in [2.45, 2.75) is 19.9 Å². The highest BCUT2D eigenvalue weighted by atomic mass is 16.1. The third-order valence-corrected chi connectivity index (χ3v) is 3.45. The SMILES string of the molecule is CNc1cc(Nc2cccn(C(C)C)c2=O)nc(C(=CN)C(N)=O)n1. The number of hydrogen-bond donors (Lipinski definition) is 4. The zero-order chi connectivity index (χ0) is 18.6. The molecule has 0 spiro atoms. The summed E-state index contributed by atoms with van der Waals surface area (Å²) in [5.41, 5.74) is 10.9. The smallest absolute Gasteiger partial charge is 0.274 e. The first kappa shape index (κ1) is 18.0. The standard InChI is InChI=1S/C16H21N7O2/c1-9(2)23-6-4-5-11(16(23)25)20-13-7-12(19-3)21-15(22-13)10(8-17)14(18)24/h4-9H,17H2,1-3H3,(H2,18,24)(H2,19,20,21,22). The van der Waals surface area contributed by atoms with Gasteiger partial charge in [0.15, 0.2) is 5.82 Å². The number of aromatic nitrogens is 3. The largest absolute Gasteiger partial charge is 0.404 e. The van der Waals surface area contributed by atoms with Crippen molar-refractivity contribution >= 4 is 28.8 Å². The van der Waals surface area contributed by atoms with Gasteiger partial charge in [-0.1, -0.05) is 0 Å². The van der Waals surface area contributed by atoms with Gasteiger partial charge in [-0.15, -0.1) is 0 Å². The van der Waals surface area contributed by atoms with Gasteiger partial charge in [0.05, 0.1) is 5.57 Å². The molecule has 2 heterocycles. The van der Waals surface area contributed by atoms with Gasteiger partial charge in [0.1, 0.15) is 17.3 Å². The number of carbonyl (C=O) groups is 1. The Hall–Kier alpha value is -3.36. The average Bonchev–Trinajstić information content (AvgIpc) is 2.56. The zero-order valence-electron chi connectivity index (χ0n) is 14.3. The van der Waals surface area contributed by atoms with Crippen molar-refractivity contribution in [1.82, 2.24) is 14.5 Å². The van der Waals surface area contributed by atoms with Crippen molar-refractivity contribution in [3.05, 3.63) is 46.8 Å². The molecule has 9 nitrogen and oxygen atoms in total. The van der Waals surface area contributed by atoms with Crippen LogP contribution >= 0.6 is 0 Å². The van der Waals surface area contributed by atoms with E-state index in [0.29, 0.717) is 17.3 Å². The second-order valence-corrected chi connectivity index (χ2v) is 5.51. The first-order valence-electron chi connectivity index (χ1n) is 7.64. The number of rotatable bonds is 6. The van der Waals surface area contributed by atoms with Crippen molar-refractivity contribution in [2.24, 2.45) is 11.5 Å². The number of nitrogens with zero attached hydrogens (tertiary/aromatic N) is 3. The quantitative estimate of drug-likeness (QED) is 0.568. The molecular formula is C16H21N7O2. The molecule has 25 heavy (non-hydrogen) atoms. The van der Waals surface area contributed by atoms with E-state index >= 15 is 0 Å². The summed E-state index contributed by atoms with van der Waals surface area (Å²) < 4.78 is 1.60. The van der Waals surface area contributed by atoms with Gasteiger partial charge in [0, 0.05) is 31.6 Å². The third-order valence-electron chi connectivity index (χ3n) is 3.45. The third kappa shape index (κ3) is 3.94. The van der Waals surface area contributed by atoms with Gasteiger partial charge in [-0.05, 0) is 26.0 Å². The summed E-state index contributed by atoms with van der Waals surface area (Å²) in [5, 5.41) is 5.82. The lowest BCUT2D eigenvalue weighted by molar-refractivity contribution is -0.112. The van der Waals surface area contributed by atoms with Crippen molar-refractivity contribution in [1.29, 1.82) is 0 Å². The van der Waals surface area contributed by atoms with Crippen molar-refractivity contribution in [3.63, 3.8) is 0 Å². The van der Waals surface area contributed by atoms with Crippen LogP contribution in [0.25, 0.3) is 5.57 Å². The molecule has 0 aromatic carbocycles. The van der Waals surface area contributed by atoms with Crippen LogP contribution in [0.2, 0.25) is 0 Å². The van der Waals surface area contributed by atoms with Crippen LogP contribution in [-0.2, 0) is 4.79 Å². The van der Waals surface area contributed by atoms with Crippen LogP contribution in [0.5, 0.6) is 0 Å². The number of pyridine rings is 1. The van der Waals surface area contributed by atoms with Gasteiger partial charge >= 0.3 is 0 Å². The summed E-state index contributed by atoms with van der Waals surface area (Å²) in [6.07, 6.45) is 2.76. The molecule has 2 aromatic rings. The molecule has 0 bridgehead atoms. The lowest BCUT2D eigenvalue weighted by Crippen LogP contribution is -2.23. The summed E-state index contributed by atoms with van der Waals surface area (Å²) >= 11 is 0. The van der Waals surface area contributed by atoms with Gasteiger partial charge in [0.2, 0.25) is 0 Å². The molecule has 0 aliphatic carbocycles. The second kappa shape index (κ2) is 7.47. The van der Waals surface area contributed by atoms with Crippen LogP contribution in [0.1, 0.15) is 25.7 Å². The minimum atomic E-state index is -0.747. The fourth-order valence-electron chi connectivity index (χ4n) is 2.18. The first-order chi connectivity index (χ1) is 11.9. The number of hydrogen-bond acceptors (Lipinski definition) is 7. The first-order valence-corrected chi connectivity index (χ1v) is 7.64. The van der Waals surface area contributed by atoms with E-state index in [1.54, 1.807) is 36.0 Å². The summed E-state index contributed by atoms with van der Waals surface area (Å²) in [7, 11) is 1.67. The molecule has 2 aromatic heterocycles. The molecule has 0 saturated carbocycles. The molecule has 0 fully saturated rings. The van der Waals surface area contributed by atoms with E-state index < -0.39 is 5.91 Å². The minimum absolute atomic E-state index is 0.0183. The Morgan fingerprint density at radius 1 is 1.32 bits per heavy atom. The van der Waals surface area contributed by atoms with Crippen LogP contribution in [0.15, 0.2) is 35.4 Å². The second-order valence-electron chi connectivity index (χ2n) is 5.51. The summed E-state index contributed by atoms with van der Waals surface area (Å²) in [6, 6.07) is 5.03. The molecule has 6 N–H and O–H groups in total. The van der Waals surface area contributed by atoms with E-state index in [4.69, 9.17) is 11.5 Å². The normalized spacial score (nSPS) is 11.4. The maximum absolute atomic E-state index is 12.5. The molecular weight excluding hydrogens is 322 g/mol. The Bertz CT molecular complexity index is 871. The Kier molecular flexibility index (Phi) is 5.38. The fourth-order valence-corrected chi connectivity index (χ4v) is 2.18. The maximum Gasteiger partial charge on any atom is 0.274 e. The van der Waals surface area contributed by atoms with Crippen LogP contribution in [-0.4, -0.2) is 27.5 Å². The average molecular weight is 343 g/mol. The Morgan fingerprint density at radius 3 is 2.56 bits per heavy atom. The molecule has 2 rings (SSSR count). The topological polar surface area (TPSA) is 141 Å². The van der Waals surface area contributed by atoms with Crippen LogP contribution in [0, 0.1) is 0 Å². The van der Waals surface area contributed by atoms with Crippen molar-refractivity contribution < 1.29 is 4.79 Å². The van der Waals surface area contributed by atoms with Crippen molar-refractivity contribution in [3.8, 4) is 0 Å². The predicted octanol–water partition coefficient (Wildman–Crippen LogP) is 0.789. The van der Waals surface area contributed by atoms with Crippen LogP contribution in [0.4, 0.5) is 17.3 Å². The lowest BCUT2D eigenvalue weighted by atomic mass is 10.2. The predicted molar refractivity (Wildman–Crippen MR) is 97.3 cm³/mol. The Balaban J connectivity index is 2.49. The maximum atomic E-state index is 12.5. The number of primary amides is 1. The van der Waals surface area contributed by atoms with E-state index in [9.17, 15) is 9.59 Å². The van der Waals surface area contributed by atoms with Gasteiger partial charge in [0.25, 0.3) is 11.5 Å². The summed E-state index contributed by atoms with van der Waals surface area (Å²) in [6.45, 7) is 3.83. The highest BCUT2D eigenvalue weighted by molar-refractivity contribution is 6.17. The molecule has 0 unspecified atom stereocenters. The van der Waals surface area contributed by atoms with Crippen LogP contribution < -0.4 is 27.7 Å². The minimum Gasteiger partial charge on any atom is -0.404 e. The molecule has 0 saturated heterocycles. The van der Waals surface area contributed by atoms with E-state index in [2.05, 4.69) is 20.6 Å². The van der Waals surface area contributed by atoms with Crippen molar-refractivity contribution in [2.75, 3.05) is 17.7 Å². The van der Waals surface area contributed by atoms with Gasteiger partial charge in [-0.2, -0.15) is 0 Å². The van der Waals surface area contributed by atoms with E-state index in [-0.39, 0.29) is 23.0 Å². The van der Waals surface area contributed by atoms with Gasteiger partial charge in [-0.3, -0.25) is 9.59 Å². The summed E-state index contributed by atoms with van der Waals surface area (Å²) in [4.78, 5) is 32.3. The van der Waals surface area contributed by atoms with Gasteiger partial charge in [-0.25, -0.2) is 9.97 Å². The molecule has 0 radical (unpaired) electrons. The van der Waals surface area contributed by atoms with Gasteiger partial charge < -0.3 is 26.7 Å². The zero-order valence-corrected chi connectivity index (χ0v) is 14.3.